The van der Waals surface area contributed by atoms with E-state index in [4.69, 9.17) is 0 Å². The van der Waals surface area contributed by atoms with Crippen LogP contribution in [0.3, 0.4) is 0 Å². The van der Waals surface area contributed by atoms with Crippen LogP contribution in [0.15, 0.2) is 4.99 Å². The molecule has 0 aromatic heterocycles. The van der Waals surface area contributed by atoms with Gasteiger partial charge in [-0.3, -0.25) is 4.99 Å². The summed E-state index contributed by atoms with van der Waals surface area (Å²) in [5.41, 5.74) is 0. The third kappa shape index (κ3) is 7.36. The Bertz CT molecular complexity index is 277. The Kier molecular flexibility index (Phi) is 9.05. The van der Waals surface area contributed by atoms with Gasteiger partial charge < -0.3 is 20.4 Å². The van der Waals surface area contributed by atoms with E-state index in [1.165, 1.54) is 32.7 Å². The normalized spacial score (nSPS) is 19.9. The second-order valence-electron chi connectivity index (χ2n) is 5.58. The van der Waals surface area contributed by atoms with Crippen LogP contribution in [-0.2, 0) is 0 Å². The Labute approximate surface area is 128 Å². The predicted molar refractivity (Wildman–Crippen MR) is 90.8 cm³/mol. The summed E-state index contributed by atoms with van der Waals surface area (Å²) in [6.45, 7) is 10.2. The topological polar surface area (TPSA) is 42.9 Å². The van der Waals surface area contributed by atoms with Crippen LogP contribution in [0.4, 0.5) is 0 Å². The van der Waals surface area contributed by atoms with Gasteiger partial charge in [-0.05, 0) is 19.2 Å². The third-order valence-corrected chi connectivity index (χ3v) is 4.22. The monoisotopic (exact) mass is 301 g/mol. The molecule has 1 aliphatic heterocycles. The summed E-state index contributed by atoms with van der Waals surface area (Å²) in [4.78, 5) is 9.22. The van der Waals surface area contributed by atoms with E-state index in [9.17, 15) is 0 Å². The highest BCUT2D eigenvalue weighted by atomic mass is 32.2. The van der Waals surface area contributed by atoms with Crippen molar-refractivity contribution >= 4 is 17.7 Å². The van der Waals surface area contributed by atoms with E-state index in [-0.39, 0.29) is 0 Å². The molecule has 1 saturated heterocycles. The van der Waals surface area contributed by atoms with Crippen LogP contribution >= 0.6 is 11.8 Å². The van der Waals surface area contributed by atoms with Gasteiger partial charge in [0, 0.05) is 58.6 Å². The Morgan fingerprint density at radius 2 is 1.95 bits per heavy atom. The number of aliphatic imine (C=N–C) groups is 1. The highest BCUT2D eigenvalue weighted by molar-refractivity contribution is 7.98. The van der Waals surface area contributed by atoms with Gasteiger partial charge in [0.05, 0.1) is 0 Å². The molecule has 0 radical (unpaired) electrons. The van der Waals surface area contributed by atoms with Crippen molar-refractivity contribution in [3.05, 3.63) is 0 Å². The van der Waals surface area contributed by atoms with Gasteiger partial charge in [-0.1, -0.05) is 6.92 Å². The molecule has 1 heterocycles. The van der Waals surface area contributed by atoms with E-state index >= 15 is 0 Å². The summed E-state index contributed by atoms with van der Waals surface area (Å²) in [7, 11) is 4.03. The van der Waals surface area contributed by atoms with Crippen molar-refractivity contribution in [3.63, 3.8) is 0 Å². The lowest BCUT2D eigenvalue weighted by Crippen LogP contribution is -2.47. The van der Waals surface area contributed by atoms with Gasteiger partial charge in [-0.15, -0.1) is 0 Å². The third-order valence-electron chi connectivity index (χ3n) is 3.61. The fraction of sp³-hybridized carbons (Fsp3) is 0.929. The number of guanidine groups is 1. The molecule has 118 valence electrons. The first-order valence-electron chi connectivity index (χ1n) is 7.50. The smallest absolute Gasteiger partial charge is 0.191 e. The van der Waals surface area contributed by atoms with Crippen molar-refractivity contribution in [2.45, 2.75) is 6.92 Å². The van der Waals surface area contributed by atoms with Crippen molar-refractivity contribution in [2.24, 2.45) is 10.9 Å². The first-order chi connectivity index (χ1) is 9.65. The standard InChI is InChI=1S/C14H31N5S/c1-13(12-19-8-6-18(3)7-9-19)11-17-14(15-2)16-5-10-20-4/h13H,5-12H2,1-4H3,(H2,15,16,17). The molecule has 0 aliphatic carbocycles. The number of nitrogens with zero attached hydrogens (tertiary/aromatic N) is 3. The molecule has 20 heavy (non-hydrogen) atoms. The van der Waals surface area contributed by atoms with Crippen molar-refractivity contribution in [2.75, 3.05) is 71.9 Å². The summed E-state index contributed by atoms with van der Waals surface area (Å²) >= 11 is 1.85. The minimum Gasteiger partial charge on any atom is -0.356 e. The molecular weight excluding hydrogens is 270 g/mol. The highest BCUT2D eigenvalue weighted by Gasteiger charge is 2.16. The van der Waals surface area contributed by atoms with E-state index in [1.54, 1.807) is 0 Å². The number of hydrogen-bond acceptors (Lipinski definition) is 4. The van der Waals surface area contributed by atoms with Gasteiger partial charge in [0.15, 0.2) is 5.96 Å². The maximum absolute atomic E-state index is 4.25. The van der Waals surface area contributed by atoms with Crippen molar-refractivity contribution in [1.82, 2.24) is 20.4 Å². The number of piperazine rings is 1. The lowest BCUT2D eigenvalue weighted by atomic mass is 10.1. The van der Waals surface area contributed by atoms with E-state index in [0.717, 1.165) is 24.8 Å². The lowest BCUT2D eigenvalue weighted by Gasteiger charge is -2.34. The quantitative estimate of drug-likeness (QED) is 0.405. The summed E-state index contributed by atoms with van der Waals surface area (Å²) in [6, 6.07) is 0. The minimum absolute atomic E-state index is 0.637. The molecule has 1 fully saturated rings. The van der Waals surface area contributed by atoms with Gasteiger partial charge in [-0.2, -0.15) is 11.8 Å². The zero-order chi connectivity index (χ0) is 14.8. The maximum Gasteiger partial charge on any atom is 0.191 e. The molecule has 0 bridgehead atoms. The van der Waals surface area contributed by atoms with Gasteiger partial charge in [0.25, 0.3) is 0 Å². The van der Waals surface area contributed by atoms with Crippen LogP contribution in [0.2, 0.25) is 0 Å². The molecule has 0 amide bonds. The molecule has 1 aliphatic rings. The van der Waals surface area contributed by atoms with E-state index in [2.05, 4.69) is 45.7 Å². The molecule has 0 aromatic carbocycles. The molecule has 2 N–H and O–H groups in total. The molecule has 5 nitrogen and oxygen atoms in total. The zero-order valence-corrected chi connectivity index (χ0v) is 14.3. The van der Waals surface area contributed by atoms with Gasteiger partial charge in [0.2, 0.25) is 0 Å². The molecule has 6 heteroatoms. The molecule has 1 unspecified atom stereocenters. The predicted octanol–water partition coefficient (Wildman–Crippen LogP) is 0.398. The van der Waals surface area contributed by atoms with Crippen LogP contribution in [0, 0.1) is 5.92 Å². The molecule has 0 spiro atoms. The van der Waals surface area contributed by atoms with E-state index in [1.807, 2.05) is 18.8 Å². The largest absolute Gasteiger partial charge is 0.356 e. The fourth-order valence-electron chi connectivity index (χ4n) is 2.30. The number of nitrogens with one attached hydrogen (secondary N) is 2. The first kappa shape index (κ1) is 17.6. The SMILES string of the molecule is CN=C(NCCSC)NCC(C)CN1CCN(C)CC1. The van der Waals surface area contributed by atoms with Gasteiger partial charge in [0.1, 0.15) is 0 Å². The van der Waals surface area contributed by atoms with Crippen LogP contribution in [0.5, 0.6) is 0 Å². The maximum atomic E-state index is 4.25. The summed E-state index contributed by atoms with van der Waals surface area (Å²) in [5, 5.41) is 6.75. The highest BCUT2D eigenvalue weighted by Crippen LogP contribution is 2.03. The second-order valence-corrected chi connectivity index (χ2v) is 6.57. The van der Waals surface area contributed by atoms with Crippen LogP contribution < -0.4 is 10.6 Å². The average molecular weight is 302 g/mol. The van der Waals surface area contributed by atoms with Crippen molar-refractivity contribution in [1.29, 1.82) is 0 Å². The number of thioether (sulfide) groups is 1. The van der Waals surface area contributed by atoms with E-state index in [0.29, 0.717) is 5.92 Å². The number of hydrogen-bond donors (Lipinski definition) is 2. The Hall–Kier alpha value is -0.460. The Morgan fingerprint density at radius 3 is 2.55 bits per heavy atom. The number of rotatable bonds is 7. The average Bonchev–Trinajstić information content (AvgIpc) is 2.45. The zero-order valence-electron chi connectivity index (χ0n) is 13.5. The molecular formula is C14H31N5S. The first-order valence-corrected chi connectivity index (χ1v) is 8.89. The lowest BCUT2D eigenvalue weighted by molar-refractivity contribution is 0.139. The molecule has 1 atom stereocenters. The van der Waals surface area contributed by atoms with Crippen molar-refractivity contribution in [3.8, 4) is 0 Å². The molecule has 0 saturated carbocycles. The molecule has 1 rings (SSSR count). The summed E-state index contributed by atoms with van der Waals surface area (Å²) in [5.74, 6) is 2.67. The van der Waals surface area contributed by atoms with Crippen LogP contribution in [0.1, 0.15) is 6.92 Å². The molecule has 0 aromatic rings. The van der Waals surface area contributed by atoms with Crippen LogP contribution in [-0.4, -0.2) is 87.7 Å². The van der Waals surface area contributed by atoms with Gasteiger partial charge in [-0.25, -0.2) is 0 Å². The Morgan fingerprint density at radius 1 is 1.25 bits per heavy atom. The second kappa shape index (κ2) is 10.3. The van der Waals surface area contributed by atoms with Crippen molar-refractivity contribution < 1.29 is 0 Å². The van der Waals surface area contributed by atoms with Gasteiger partial charge >= 0.3 is 0 Å². The number of likely N-dealkylation sites (N-methyl/N-ethyl adjacent to an activating group) is 1. The minimum atomic E-state index is 0.637. The summed E-state index contributed by atoms with van der Waals surface area (Å²) in [6.07, 6.45) is 2.12. The summed E-state index contributed by atoms with van der Waals surface area (Å²) < 4.78 is 0. The Balaban J connectivity index is 2.16. The van der Waals surface area contributed by atoms with Crippen LogP contribution in [0.25, 0.3) is 0 Å². The van der Waals surface area contributed by atoms with E-state index < -0.39 is 0 Å². The fourth-order valence-corrected chi connectivity index (χ4v) is 2.60.